The van der Waals surface area contributed by atoms with E-state index in [-0.39, 0.29) is 17.5 Å². The van der Waals surface area contributed by atoms with Crippen LogP contribution in [0.5, 0.6) is 0 Å². The lowest BCUT2D eigenvalue weighted by molar-refractivity contribution is -0.131. The second kappa shape index (κ2) is 7.60. The van der Waals surface area contributed by atoms with Gasteiger partial charge in [-0.25, -0.2) is 4.98 Å². The first-order chi connectivity index (χ1) is 12.0. The fourth-order valence-corrected chi connectivity index (χ4v) is 4.37. The summed E-state index contributed by atoms with van der Waals surface area (Å²) in [5.41, 5.74) is 0.646. The van der Waals surface area contributed by atoms with Crippen molar-refractivity contribution in [3.63, 3.8) is 0 Å². The number of piperidine rings is 1. The highest BCUT2D eigenvalue weighted by Crippen LogP contribution is 2.23. The fourth-order valence-electron chi connectivity index (χ4n) is 3.36. The third kappa shape index (κ3) is 3.73. The molecular formula is C19H25N3O2S. The van der Waals surface area contributed by atoms with Crippen LogP contribution in [0.3, 0.4) is 0 Å². The van der Waals surface area contributed by atoms with Crippen LogP contribution in [0.2, 0.25) is 0 Å². The van der Waals surface area contributed by atoms with E-state index in [2.05, 4.69) is 11.9 Å². The van der Waals surface area contributed by atoms with Crippen molar-refractivity contribution in [2.24, 2.45) is 0 Å². The predicted octanol–water partition coefficient (Wildman–Crippen LogP) is 3.47. The Labute approximate surface area is 152 Å². The third-order valence-corrected chi connectivity index (χ3v) is 5.68. The smallest absolute Gasteiger partial charge is 0.262 e. The molecule has 0 saturated carbocycles. The van der Waals surface area contributed by atoms with E-state index in [9.17, 15) is 9.59 Å². The Bertz CT molecular complexity index is 831. The van der Waals surface area contributed by atoms with Crippen LogP contribution >= 0.6 is 11.8 Å². The lowest BCUT2D eigenvalue weighted by Gasteiger charge is -2.33. The number of rotatable bonds is 4. The van der Waals surface area contributed by atoms with Crippen LogP contribution in [0.25, 0.3) is 10.9 Å². The minimum atomic E-state index is -0.0399. The van der Waals surface area contributed by atoms with Gasteiger partial charge in [-0.2, -0.15) is 0 Å². The number of hydrogen-bond acceptors (Lipinski definition) is 4. The zero-order valence-corrected chi connectivity index (χ0v) is 15.9. The van der Waals surface area contributed by atoms with E-state index >= 15 is 0 Å². The van der Waals surface area contributed by atoms with Gasteiger partial charge < -0.3 is 4.90 Å². The van der Waals surface area contributed by atoms with Gasteiger partial charge in [0.05, 0.1) is 16.7 Å². The summed E-state index contributed by atoms with van der Waals surface area (Å²) in [6.07, 6.45) is 3.34. The van der Waals surface area contributed by atoms with Crippen LogP contribution in [-0.4, -0.2) is 38.7 Å². The van der Waals surface area contributed by atoms with Gasteiger partial charge in [0.15, 0.2) is 5.16 Å². The van der Waals surface area contributed by atoms with Crippen molar-refractivity contribution < 1.29 is 4.79 Å². The van der Waals surface area contributed by atoms with Crippen molar-refractivity contribution in [1.82, 2.24) is 14.5 Å². The van der Waals surface area contributed by atoms with Crippen LogP contribution in [0.4, 0.5) is 0 Å². The van der Waals surface area contributed by atoms with E-state index < -0.39 is 0 Å². The zero-order valence-electron chi connectivity index (χ0n) is 15.1. The molecule has 1 amide bonds. The number of carbonyl (C=O) groups excluding carboxylic acids is 1. The molecule has 3 rings (SSSR count). The Morgan fingerprint density at radius 1 is 1.32 bits per heavy atom. The first kappa shape index (κ1) is 18.0. The van der Waals surface area contributed by atoms with Crippen molar-refractivity contribution >= 4 is 28.6 Å². The van der Waals surface area contributed by atoms with E-state index in [1.807, 2.05) is 36.9 Å². The van der Waals surface area contributed by atoms with Gasteiger partial charge in [-0.3, -0.25) is 14.2 Å². The molecule has 0 aliphatic carbocycles. The van der Waals surface area contributed by atoms with Gasteiger partial charge in [-0.1, -0.05) is 23.9 Å². The molecule has 0 spiro atoms. The number of benzene rings is 1. The summed E-state index contributed by atoms with van der Waals surface area (Å²) in [7, 11) is 0. The molecule has 25 heavy (non-hydrogen) atoms. The maximum atomic E-state index is 12.8. The van der Waals surface area contributed by atoms with Gasteiger partial charge in [0.1, 0.15) is 0 Å². The third-order valence-electron chi connectivity index (χ3n) is 4.74. The summed E-state index contributed by atoms with van der Waals surface area (Å²) in [6, 6.07) is 7.68. The molecule has 134 valence electrons. The average Bonchev–Trinajstić information content (AvgIpc) is 2.60. The van der Waals surface area contributed by atoms with Crippen molar-refractivity contribution in [3.05, 3.63) is 34.6 Å². The molecule has 1 fully saturated rings. The molecule has 0 N–H and O–H groups in total. The lowest BCUT2D eigenvalue weighted by atomic mass is 10.0. The largest absolute Gasteiger partial charge is 0.339 e. The number of thioether (sulfide) groups is 1. The number of fused-ring (bicyclic) bond motifs is 1. The normalized spacial score (nSPS) is 18.1. The Hall–Kier alpha value is -1.82. The van der Waals surface area contributed by atoms with Crippen LogP contribution in [0, 0.1) is 0 Å². The Morgan fingerprint density at radius 3 is 2.80 bits per heavy atom. The number of carbonyl (C=O) groups is 1. The summed E-state index contributed by atoms with van der Waals surface area (Å²) in [6.45, 7) is 6.88. The molecule has 1 aliphatic heterocycles. The number of para-hydroxylation sites is 1. The van der Waals surface area contributed by atoms with E-state index in [1.165, 1.54) is 18.2 Å². The fraction of sp³-hybridized carbons (Fsp3) is 0.526. The second-order valence-corrected chi connectivity index (χ2v) is 7.84. The molecule has 2 aromatic rings. The molecule has 1 atom stereocenters. The second-order valence-electron chi connectivity index (χ2n) is 6.90. The van der Waals surface area contributed by atoms with Crippen molar-refractivity contribution in [2.75, 3.05) is 12.3 Å². The molecule has 1 saturated heterocycles. The highest BCUT2D eigenvalue weighted by Gasteiger charge is 2.24. The highest BCUT2D eigenvalue weighted by atomic mass is 32.2. The molecule has 0 radical (unpaired) electrons. The number of amides is 1. The SMILES string of the molecule is CC1CCCCN1C(=O)CSc1nc2ccccc2c(=O)n1C(C)C. The molecule has 5 nitrogen and oxygen atoms in total. The predicted molar refractivity (Wildman–Crippen MR) is 102 cm³/mol. The molecule has 0 bridgehead atoms. The standard InChI is InChI=1S/C19H25N3O2S/c1-13(2)22-18(24)15-9-4-5-10-16(15)20-19(22)25-12-17(23)21-11-7-6-8-14(21)3/h4-5,9-10,13-14H,6-8,11-12H2,1-3H3. The molecule has 1 aromatic heterocycles. The van der Waals surface area contributed by atoms with Crippen LogP contribution < -0.4 is 5.56 Å². The minimum Gasteiger partial charge on any atom is -0.339 e. The van der Waals surface area contributed by atoms with Gasteiger partial charge in [-0.05, 0) is 52.2 Å². The van der Waals surface area contributed by atoms with Gasteiger partial charge in [-0.15, -0.1) is 0 Å². The molecular weight excluding hydrogens is 334 g/mol. The summed E-state index contributed by atoms with van der Waals surface area (Å²) in [4.78, 5) is 32.0. The quantitative estimate of drug-likeness (QED) is 0.620. The maximum Gasteiger partial charge on any atom is 0.262 e. The van der Waals surface area contributed by atoms with Crippen LogP contribution in [0.1, 0.15) is 46.1 Å². The Morgan fingerprint density at radius 2 is 2.08 bits per heavy atom. The summed E-state index contributed by atoms with van der Waals surface area (Å²) >= 11 is 1.37. The van der Waals surface area contributed by atoms with Gasteiger partial charge in [0, 0.05) is 18.6 Å². The minimum absolute atomic E-state index is 0.00359. The number of aromatic nitrogens is 2. The average molecular weight is 359 g/mol. The molecule has 1 aliphatic rings. The van der Waals surface area contributed by atoms with E-state index in [0.717, 1.165) is 19.4 Å². The summed E-state index contributed by atoms with van der Waals surface area (Å²) < 4.78 is 1.69. The van der Waals surface area contributed by atoms with Crippen molar-refractivity contribution in [3.8, 4) is 0 Å². The van der Waals surface area contributed by atoms with Gasteiger partial charge in [0.25, 0.3) is 5.56 Å². The van der Waals surface area contributed by atoms with E-state index in [1.54, 1.807) is 10.6 Å². The molecule has 6 heteroatoms. The first-order valence-corrected chi connectivity index (χ1v) is 9.91. The lowest BCUT2D eigenvalue weighted by Crippen LogP contribution is -2.43. The number of hydrogen-bond donors (Lipinski definition) is 0. The zero-order chi connectivity index (χ0) is 18.0. The first-order valence-electron chi connectivity index (χ1n) is 8.92. The molecule has 2 heterocycles. The van der Waals surface area contributed by atoms with E-state index in [4.69, 9.17) is 0 Å². The maximum absolute atomic E-state index is 12.8. The highest BCUT2D eigenvalue weighted by molar-refractivity contribution is 7.99. The Balaban J connectivity index is 1.86. The number of nitrogens with zero attached hydrogens (tertiary/aromatic N) is 3. The molecule has 1 aromatic carbocycles. The van der Waals surface area contributed by atoms with Crippen LogP contribution in [-0.2, 0) is 4.79 Å². The van der Waals surface area contributed by atoms with Gasteiger partial charge in [0.2, 0.25) is 5.91 Å². The summed E-state index contributed by atoms with van der Waals surface area (Å²) in [5.74, 6) is 0.455. The summed E-state index contributed by atoms with van der Waals surface area (Å²) in [5, 5.41) is 1.24. The van der Waals surface area contributed by atoms with Crippen molar-refractivity contribution in [2.45, 2.75) is 57.3 Å². The van der Waals surface area contributed by atoms with Crippen LogP contribution in [0.15, 0.2) is 34.2 Å². The van der Waals surface area contributed by atoms with Crippen molar-refractivity contribution in [1.29, 1.82) is 0 Å². The topological polar surface area (TPSA) is 55.2 Å². The number of likely N-dealkylation sites (tertiary alicyclic amines) is 1. The molecule has 1 unspecified atom stereocenters. The monoisotopic (exact) mass is 359 g/mol. The van der Waals surface area contributed by atoms with E-state index in [0.29, 0.717) is 27.9 Å². The van der Waals surface area contributed by atoms with Gasteiger partial charge >= 0.3 is 0 Å². The Kier molecular flexibility index (Phi) is 5.47.